The van der Waals surface area contributed by atoms with Crippen molar-refractivity contribution in [3.63, 3.8) is 0 Å². The van der Waals surface area contributed by atoms with E-state index in [0.29, 0.717) is 0 Å². The van der Waals surface area contributed by atoms with Crippen LogP contribution in [0.4, 0.5) is 11.4 Å². The van der Waals surface area contributed by atoms with E-state index in [1.165, 1.54) is 19.2 Å². The lowest BCUT2D eigenvalue weighted by atomic mass is 10.2. The van der Waals surface area contributed by atoms with E-state index in [0.717, 1.165) is 4.90 Å². The van der Waals surface area contributed by atoms with Crippen molar-refractivity contribution in [3.8, 4) is 5.75 Å². The van der Waals surface area contributed by atoms with Gasteiger partial charge in [-0.2, -0.15) is 0 Å². The Hall–Kier alpha value is -2.19. The zero-order valence-electron chi connectivity index (χ0n) is 8.44. The molecule has 16 heavy (non-hydrogen) atoms. The molecule has 0 aliphatic carbocycles. The van der Waals surface area contributed by atoms with E-state index in [1.807, 2.05) is 0 Å². The Kier molecular flexibility index (Phi) is 3.38. The standard InChI is InChI=1S/C8H12N4O4/c1-11(8(10-14)12(15)16)6-4-2-3-5(9)7(6)13/h2-4,13-16H,9H2,1H3/b10-8-. The molecule has 0 heterocycles. The number of nitrogens with zero attached hydrogens (tertiary/aromatic N) is 3. The maximum absolute atomic E-state index is 9.61. The molecular formula is C8H12N4O4. The number of rotatable bonds is 1. The molecule has 0 aromatic heterocycles. The van der Waals surface area contributed by atoms with Crippen LogP contribution >= 0.6 is 0 Å². The van der Waals surface area contributed by atoms with Crippen molar-refractivity contribution in [2.24, 2.45) is 5.16 Å². The van der Waals surface area contributed by atoms with Gasteiger partial charge in [-0.1, -0.05) is 11.3 Å². The van der Waals surface area contributed by atoms with Crippen LogP contribution in [0.1, 0.15) is 0 Å². The molecule has 1 aromatic carbocycles. The Morgan fingerprint density at radius 1 is 1.38 bits per heavy atom. The predicted molar refractivity (Wildman–Crippen MR) is 55.6 cm³/mol. The van der Waals surface area contributed by atoms with Gasteiger partial charge in [-0.25, -0.2) is 0 Å². The second-order valence-corrected chi connectivity index (χ2v) is 2.96. The van der Waals surface area contributed by atoms with E-state index >= 15 is 0 Å². The van der Waals surface area contributed by atoms with Crippen LogP contribution in [-0.4, -0.2) is 39.0 Å². The normalized spacial score (nSPS) is 11.3. The second-order valence-electron chi connectivity index (χ2n) is 2.96. The minimum absolute atomic E-state index is 0.115. The van der Waals surface area contributed by atoms with Crippen molar-refractivity contribution in [3.05, 3.63) is 18.2 Å². The van der Waals surface area contributed by atoms with E-state index in [4.69, 9.17) is 21.4 Å². The summed E-state index contributed by atoms with van der Waals surface area (Å²) >= 11 is 0. The summed E-state index contributed by atoms with van der Waals surface area (Å²) in [7, 11) is 1.35. The van der Waals surface area contributed by atoms with Crippen LogP contribution in [0.5, 0.6) is 5.75 Å². The third-order valence-electron chi connectivity index (χ3n) is 1.98. The maximum Gasteiger partial charge on any atom is 0.293 e. The number of oxime groups is 1. The summed E-state index contributed by atoms with van der Waals surface area (Å²) < 4.78 is 0. The minimum Gasteiger partial charge on any atom is -0.504 e. The molecule has 8 heteroatoms. The van der Waals surface area contributed by atoms with E-state index < -0.39 is 5.96 Å². The Balaban J connectivity index is 3.14. The van der Waals surface area contributed by atoms with E-state index in [1.54, 1.807) is 6.07 Å². The van der Waals surface area contributed by atoms with Gasteiger partial charge in [-0.3, -0.25) is 10.4 Å². The number of hydrogen-bond acceptors (Lipinski definition) is 6. The number of nitrogens with two attached hydrogens (primary N) is 1. The molecule has 0 bridgehead atoms. The number of aromatic hydroxyl groups is 1. The average Bonchev–Trinajstić information content (AvgIpc) is 2.22. The Morgan fingerprint density at radius 3 is 2.50 bits per heavy atom. The number of nitrogen functional groups attached to an aromatic ring is 1. The highest BCUT2D eigenvalue weighted by molar-refractivity contribution is 5.96. The van der Waals surface area contributed by atoms with Gasteiger partial charge in [-0.15, -0.1) is 0 Å². The molecule has 0 unspecified atom stereocenters. The lowest BCUT2D eigenvalue weighted by Crippen LogP contribution is -2.38. The SMILES string of the molecule is CN(/C(=N/O)N(O)O)c1cccc(N)c1O. The zero-order valence-corrected chi connectivity index (χ0v) is 8.44. The third kappa shape index (κ3) is 2.07. The smallest absolute Gasteiger partial charge is 0.293 e. The van der Waals surface area contributed by atoms with Crippen molar-refractivity contribution in [1.29, 1.82) is 0 Å². The van der Waals surface area contributed by atoms with Crippen molar-refractivity contribution >= 4 is 17.3 Å². The van der Waals surface area contributed by atoms with Crippen LogP contribution in [0.15, 0.2) is 23.4 Å². The summed E-state index contributed by atoms with van der Waals surface area (Å²) in [6, 6.07) is 4.48. The molecule has 88 valence electrons. The number of benzene rings is 1. The molecule has 0 amide bonds. The van der Waals surface area contributed by atoms with Gasteiger partial charge in [0.25, 0.3) is 5.96 Å². The molecule has 0 fully saturated rings. The highest BCUT2D eigenvalue weighted by Crippen LogP contribution is 2.32. The van der Waals surface area contributed by atoms with Crippen molar-refractivity contribution in [1.82, 2.24) is 5.23 Å². The summed E-state index contributed by atoms with van der Waals surface area (Å²) in [4.78, 5) is 1.03. The number of guanidine groups is 1. The molecule has 1 rings (SSSR count). The Morgan fingerprint density at radius 2 is 2.00 bits per heavy atom. The lowest BCUT2D eigenvalue weighted by Gasteiger charge is -2.22. The topological polar surface area (TPSA) is 126 Å². The van der Waals surface area contributed by atoms with Gasteiger partial charge in [0.2, 0.25) is 0 Å². The van der Waals surface area contributed by atoms with Gasteiger partial charge in [0.1, 0.15) is 0 Å². The van der Waals surface area contributed by atoms with Crippen LogP contribution in [-0.2, 0) is 0 Å². The zero-order chi connectivity index (χ0) is 12.3. The molecule has 1 aromatic rings. The third-order valence-corrected chi connectivity index (χ3v) is 1.98. The number of hydrogen-bond donors (Lipinski definition) is 5. The fourth-order valence-corrected chi connectivity index (χ4v) is 1.17. The van der Waals surface area contributed by atoms with Crippen LogP contribution in [0, 0.1) is 0 Å². The van der Waals surface area contributed by atoms with E-state index in [2.05, 4.69) is 5.16 Å². The quantitative estimate of drug-likeness (QED) is 0.116. The molecule has 0 aliphatic heterocycles. The first-order valence-corrected chi connectivity index (χ1v) is 4.20. The van der Waals surface area contributed by atoms with Gasteiger partial charge in [0.05, 0.1) is 11.4 Å². The molecule has 0 radical (unpaired) electrons. The van der Waals surface area contributed by atoms with Crippen LogP contribution in [0.25, 0.3) is 0 Å². The van der Waals surface area contributed by atoms with Crippen LogP contribution in [0.3, 0.4) is 0 Å². The first kappa shape index (κ1) is 11.9. The maximum atomic E-state index is 9.61. The molecule has 0 aliphatic rings. The predicted octanol–water partition coefficient (Wildman–Crippen LogP) is 0.236. The summed E-state index contributed by atoms with van der Waals surface area (Å²) in [5.41, 5.74) is 5.73. The van der Waals surface area contributed by atoms with Crippen molar-refractivity contribution < 1.29 is 20.7 Å². The second kappa shape index (κ2) is 4.55. The summed E-state index contributed by atoms with van der Waals surface area (Å²) in [5.74, 6) is -0.853. The monoisotopic (exact) mass is 228 g/mol. The van der Waals surface area contributed by atoms with Gasteiger partial charge < -0.3 is 20.9 Å². The Bertz CT molecular complexity index is 407. The molecular weight excluding hydrogens is 216 g/mol. The highest BCUT2D eigenvalue weighted by Gasteiger charge is 2.18. The fraction of sp³-hybridized carbons (Fsp3) is 0.125. The van der Waals surface area contributed by atoms with Gasteiger partial charge in [0.15, 0.2) is 5.75 Å². The number of phenols is 1. The first-order valence-electron chi connectivity index (χ1n) is 4.20. The summed E-state index contributed by atoms with van der Waals surface area (Å²) in [6.07, 6.45) is 0. The molecule has 8 nitrogen and oxygen atoms in total. The molecule has 0 spiro atoms. The number of para-hydroxylation sites is 1. The molecule has 6 N–H and O–H groups in total. The average molecular weight is 228 g/mol. The Labute approximate surface area is 91.0 Å². The highest BCUT2D eigenvalue weighted by atomic mass is 16.8. The van der Waals surface area contributed by atoms with Crippen LogP contribution in [0.2, 0.25) is 0 Å². The lowest BCUT2D eigenvalue weighted by molar-refractivity contribution is -0.246. The van der Waals surface area contributed by atoms with E-state index in [9.17, 15) is 5.11 Å². The number of anilines is 2. The first-order chi connectivity index (χ1) is 7.49. The molecule has 0 saturated heterocycles. The van der Waals surface area contributed by atoms with Gasteiger partial charge >= 0.3 is 0 Å². The number of hydroxylamine groups is 2. The van der Waals surface area contributed by atoms with E-state index in [-0.39, 0.29) is 22.4 Å². The summed E-state index contributed by atoms with van der Waals surface area (Å²) in [5, 5.41) is 37.9. The fourth-order valence-electron chi connectivity index (χ4n) is 1.17. The van der Waals surface area contributed by atoms with Crippen LogP contribution < -0.4 is 10.6 Å². The number of phenolic OH excluding ortho intramolecular Hbond substituents is 1. The van der Waals surface area contributed by atoms with Crippen molar-refractivity contribution in [2.75, 3.05) is 17.7 Å². The molecule has 0 atom stereocenters. The summed E-state index contributed by atoms with van der Waals surface area (Å²) in [6.45, 7) is 0. The largest absolute Gasteiger partial charge is 0.504 e. The van der Waals surface area contributed by atoms with Crippen molar-refractivity contribution in [2.45, 2.75) is 0 Å². The van der Waals surface area contributed by atoms with Gasteiger partial charge in [-0.05, 0) is 17.3 Å². The minimum atomic E-state index is -0.596. The van der Waals surface area contributed by atoms with Gasteiger partial charge in [0, 0.05) is 7.05 Å². The molecule has 0 saturated carbocycles.